The number of aromatic nitrogens is 6. The number of para-hydroxylation sites is 2. The number of carbonyl (C=O) groups excluding carboxylic acids is 2. The van der Waals surface area contributed by atoms with Crippen molar-refractivity contribution < 1.29 is 48.3 Å². The first kappa shape index (κ1) is 48.7. The van der Waals surface area contributed by atoms with E-state index in [-0.39, 0.29) is 23.4 Å². The molecule has 0 bridgehead atoms. The maximum absolute atomic E-state index is 11.9. The zero-order chi connectivity index (χ0) is 48.4. The van der Waals surface area contributed by atoms with Gasteiger partial charge in [0.2, 0.25) is 0 Å². The summed E-state index contributed by atoms with van der Waals surface area (Å²) in [7, 11) is 2.61. The highest BCUT2D eigenvalue weighted by atomic mass is 35.5. The van der Waals surface area contributed by atoms with Crippen molar-refractivity contribution in [2.75, 3.05) is 40.5 Å². The van der Waals surface area contributed by atoms with Crippen molar-refractivity contribution >= 4 is 57.1 Å². The topological polar surface area (TPSA) is 210 Å². The van der Waals surface area contributed by atoms with E-state index in [1.807, 2.05) is 60.7 Å². The first-order valence-electron chi connectivity index (χ1n) is 23.8. The number of nitrogens with zero attached hydrogens (tertiary/aromatic N) is 7. The number of methoxy groups -OCH3 is 2. The lowest BCUT2D eigenvalue weighted by atomic mass is 9.82. The molecule has 0 radical (unpaired) electrons. The number of hydrogen-bond donors (Lipinski definition) is 2. The Bertz CT molecular complexity index is 2740. The number of fused-ring (bicyclic) bond motifs is 2. The van der Waals surface area contributed by atoms with Gasteiger partial charge in [0.05, 0.1) is 61.0 Å². The Labute approximate surface area is 404 Å². The summed E-state index contributed by atoms with van der Waals surface area (Å²) >= 11 is 4.60. The third-order valence-electron chi connectivity index (χ3n) is 13.6. The van der Waals surface area contributed by atoms with Crippen LogP contribution >= 0.6 is 11.6 Å². The van der Waals surface area contributed by atoms with Gasteiger partial charge in [-0.3, -0.25) is 0 Å². The van der Waals surface area contributed by atoms with Gasteiger partial charge in [0.25, 0.3) is 0 Å². The molecule has 1 aliphatic heterocycles. The molecule has 3 aliphatic carbocycles. The smallest absolute Gasteiger partial charge is 0.409 e. The third kappa shape index (κ3) is 11.4. The largest absolute Gasteiger partial charge is 0.492 e. The van der Waals surface area contributed by atoms with Crippen molar-refractivity contribution in [2.45, 2.75) is 95.3 Å². The van der Waals surface area contributed by atoms with Crippen LogP contribution in [0.4, 0.5) is 9.59 Å². The maximum Gasteiger partial charge on any atom is 0.409 e. The van der Waals surface area contributed by atoms with Crippen LogP contribution in [0.15, 0.2) is 72.8 Å². The lowest BCUT2D eigenvalue weighted by molar-refractivity contribution is 0.0679. The van der Waals surface area contributed by atoms with E-state index in [1.165, 1.54) is 58.8 Å². The van der Waals surface area contributed by atoms with Crippen LogP contribution in [0.5, 0.6) is 11.5 Å². The molecule has 0 atom stereocenters. The molecule has 69 heavy (non-hydrogen) atoms. The van der Waals surface area contributed by atoms with E-state index in [0.717, 1.165) is 78.5 Å². The van der Waals surface area contributed by atoms with E-state index in [9.17, 15) is 29.4 Å². The molecule has 0 spiro atoms. The number of carboxylic acid groups (broad SMARTS) is 2. The SMILES string of the molecule is COC(=O)Cl.COC(=O)N1CCC(COc2cc(C(=O)O)nc3c2c(C2CCC2)nn3-c2ccccc2)CC1.O=C(O)c1cc(OCC2CCCCC2)c2c(C3CCC3)nn(-c3ccccc3)c2n1. The van der Waals surface area contributed by atoms with Gasteiger partial charge < -0.3 is 34.1 Å². The van der Waals surface area contributed by atoms with Crippen LogP contribution in [0.2, 0.25) is 0 Å². The molecule has 18 heteroatoms. The number of halogens is 1. The number of aromatic carboxylic acids is 2. The average molecular weight is 965 g/mol. The Morgan fingerprint density at radius 3 is 1.38 bits per heavy atom. The molecular formula is C51H58ClN7O10. The molecule has 10 rings (SSSR count). The van der Waals surface area contributed by atoms with E-state index in [0.29, 0.717) is 66.9 Å². The van der Waals surface area contributed by atoms with Crippen LogP contribution < -0.4 is 9.47 Å². The minimum atomic E-state index is -1.11. The second kappa shape index (κ2) is 22.6. The number of hydrogen-bond acceptors (Lipinski definition) is 12. The van der Waals surface area contributed by atoms with Crippen LogP contribution in [-0.4, -0.2) is 109 Å². The van der Waals surface area contributed by atoms with Gasteiger partial charge in [0.15, 0.2) is 22.7 Å². The van der Waals surface area contributed by atoms with Crippen molar-refractivity contribution in [3.8, 4) is 22.9 Å². The fourth-order valence-corrected chi connectivity index (χ4v) is 9.28. The molecule has 3 saturated carbocycles. The molecule has 2 N–H and O–H groups in total. The Balaban J connectivity index is 0.000000171. The van der Waals surface area contributed by atoms with Gasteiger partial charge in [0, 0.05) is 48.7 Å². The first-order chi connectivity index (χ1) is 33.5. The van der Waals surface area contributed by atoms with Crippen LogP contribution in [-0.2, 0) is 9.47 Å². The predicted octanol–water partition coefficient (Wildman–Crippen LogP) is 10.6. The Morgan fingerprint density at radius 1 is 0.594 bits per heavy atom. The molecule has 0 unspecified atom stereocenters. The summed E-state index contributed by atoms with van der Waals surface area (Å²) in [4.78, 5) is 55.5. The van der Waals surface area contributed by atoms with Crippen molar-refractivity contribution in [3.63, 3.8) is 0 Å². The second-order valence-corrected chi connectivity index (χ2v) is 18.3. The van der Waals surface area contributed by atoms with Crippen molar-refractivity contribution in [1.82, 2.24) is 34.4 Å². The van der Waals surface area contributed by atoms with E-state index in [4.69, 9.17) is 24.4 Å². The minimum Gasteiger partial charge on any atom is -0.492 e. The minimum absolute atomic E-state index is 0.00150. The molecule has 2 aromatic carbocycles. The van der Waals surface area contributed by atoms with Gasteiger partial charge >= 0.3 is 23.5 Å². The summed E-state index contributed by atoms with van der Waals surface area (Å²) in [6.07, 6.45) is 14.1. The van der Waals surface area contributed by atoms with Gasteiger partial charge in [-0.25, -0.2) is 38.5 Å². The molecule has 1 amide bonds. The van der Waals surface area contributed by atoms with Crippen LogP contribution in [0.1, 0.15) is 128 Å². The Kier molecular flexibility index (Phi) is 15.9. The number of likely N-dealkylation sites (tertiary alicyclic amines) is 1. The predicted molar refractivity (Wildman–Crippen MR) is 257 cm³/mol. The monoisotopic (exact) mass is 963 g/mol. The molecule has 1 saturated heterocycles. The van der Waals surface area contributed by atoms with Gasteiger partial charge in [-0.1, -0.05) is 68.5 Å². The van der Waals surface area contributed by atoms with E-state index >= 15 is 0 Å². The summed E-state index contributed by atoms with van der Waals surface area (Å²) in [5.41, 5.74) is 3.85. The number of ether oxygens (including phenoxy) is 4. The van der Waals surface area contributed by atoms with Gasteiger partial charge in [-0.05, 0) is 87.5 Å². The highest BCUT2D eigenvalue weighted by Crippen LogP contribution is 2.44. The molecular weight excluding hydrogens is 906 g/mol. The fourth-order valence-electron chi connectivity index (χ4n) is 9.28. The molecule has 5 heterocycles. The first-order valence-corrected chi connectivity index (χ1v) is 24.2. The van der Waals surface area contributed by atoms with Crippen LogP contribution in [0.3, 0.4) is 0 Å². The average Bonchev–Trinajstić information content (AvgIpc) is 3.91. The molecule has 4 aliphatic rings. The maximum atomic E-state index is 11.9. The zero-order valence-corrected chi connectivity index (χ0v) is 39.7. The number of rotatable bonds is 12. The van der Waals surface area contributed by atoms with E-state index in [1.54, 1.807) is 20.3 Å². The quantitative estimate of drug-likeness (QED) is 0.109. The fraction of sp³-hybridized carbons (Fsp3) is 0.451. The third-order valence-corrected chi connectivity index (χ3v) is 13.7. The summed E-state index contributed by atoms with van der Waals surface area (Å²) in [6, 6.07) is 22.5. The summed E-state index contributed by atoms with van der Waals surface area (Å²) in [6.45, 7) is 2.30. The van der Waals surface area contributed by atoms with Gasteiger partial charge in [-0.15, -0.1) is 0 Å². The van der Waals surface area contributed by atoms with Crippen molar-refractivity contribution in [3.05, 3.63) is 95.6 Å². The summed E-state index contributed by atoms with van der Waals surface area (Å²) in [5.74, 6) is 0.464. The number of carbonyl (C=O) groups is 4. The second-order valence-electron chi connectivity index (χ2n) is 18.0. The molecule has 6 aromatic rings. The molecule has 364 valence electrons. The highest BCUT2D eigenvalue weighted by Gasteiger charge is 2.32. The van der Waals surface area contributed by atoms with Crippen molar-refractivity contribution in [1.29, 1.82) is 0 Å². The highest BCUT2D eigenvalue weighted by molar-refractivity contribution is 6.61. The molecule has 4 aromatic heterocycles. The lowest BCUT2D eigenvalue weighted by Crippen LogP contribution is -2.39. The summed E-state index contributed by atoms with van der Waals surface area (Å²) in [5, 5.41) is 30.9. The van der Waals surface area contributed by atoms with Crippen molar-refractivity contribution in [2.24, 2.45) is 11.8 Å². The normalized spacial score (nSPS) is 16.5. The number of amides is 1. The van der Waals surface area contributed by atoms with Gasteiger partial charge in [-0.2, -0.15) is 10.2 Å². The summed E-state index contributed by atoms with van der Waals surface area (Å²) < 4.78 is 24.8. The van der Waals surface area contributed by atoms with Gasteiger partial charge in [0.1, 0.15) is 11.5 Å². The molecule has 17 nitrogen and oxygen atoms in total. The lowest BCUT2D eigenvalue weighted by Gasteiger charge is -2.30. The standard InChI is InChI=1S/C25H28N4O5.C24H27N3O3.C2H3ClO2/c1-33-25(32)28-12-10-16(11-13-28)15-34-20-14-19(24(30)31)26-23-21(20)22(17-6-5-7-17)27-29(23)18-8-3-2-4-9-18;28-24(29)19-14-20(30-15-16-8-3-1-4-9-16)21-22(17-10-7-11-17)26-27(23(21)25-19)18-12-5-2-6-13-18;1-5-2(3)4/h2-4,8-9,14,16-17H,5-7,10-13,15H2,1H3,(H,30,31);2,5-6,12-14,16-17H,1,3-4,7-11,15H2,(H,28,29);1H3. The zero-order valence-electron chi connectivity index (χ0n) is 38.9. The van der Waals surface area contributed by atoms with Crippen LogP contribution in [0.25, 0.3) is 33.4 Å². The Morgan fingerprint density at radius 2 is 1.01 bits per heavy atom. The number of piperidine rings is 1. The number of benzene rings is 2. The molecule has 4 fully saturated rings. The Hall–Kier alpha value is -6.75. The number of pyridine rings is 2. The van der Waals surface area contributed by atoms with Crippen LogP contribution in [0, 0.1) is 11.8 Å². The van der Waals surface area contributed by atoms with E-state index in [2.05, 4.69) is 26.3 Å². The number of carboxylic acids is 2. The van der Waals surface area contributed by atoms with E-state index < -0.39 is 17.4 Å².